The van der Waals surface area contributed by atoms with Crippen molar-refractivity contribution in [1.29, 1.82) is 0 Å². The number of benzene rings is 1. The minimum absolute atomic E-state index is 1.14. The summed E-state index contributed by atoms with van der Waals surface area (Å²) in [6, 6.07) is 17.7. The van der Waals surface area contributed by atoms with Gasteiger partial charge in [-0.25, -0.2) is 0 Å². The number of allylic oxidation sites excluding steroid dienone is 2. The molecule has 0 spiro atoms. The second-order valence-corrected chi connectivity index (χ2v) is 5.54. The zero-order valence-electron chi connectivity index (χ0n) is 12.5. The molecule has 0 saturated carbocycles. The van der Waals surface area contributed by atoms with Gasteiger partial charge in [-0.15, -0.1) is 0 Å². The monoisotopic (exact) mass is 272 g/mol. The van der Waals surface area contributed by atoms with E-state index in [2.05, 4.69) is 68.1 Å². The molecule has 104 valence electrons. The lowest BCUT2D eigenvalue weighted by molar-refractivity contribution is 1.02. The molecular weight excluding hydrogens is 252 g/mol. The van der Waals surface area contributed by atoms with Gasteiger partial charge in [0, 0.05) is 0 Å². The predicted molar refractivity (Wildman–Crippen MR) is 93.0 cm³/mol. The molecular formula is C21H20. The number of aryl methyl sites for hydroxylation is 3. The summed E-state index contributed by atoms with van der Waals surface area (Å²) in [6.07, 6.45) is 8.18. The third-order valence-electron chi connectivity index (χ3n) is 4.10. The second kappa shape index (κ2) is 5.97. The van der Waals surface area contributed by atoms with Gasteiger partial charge in [0.15, 0.2) is 0 Å². The molecule has 0 fully saturated rings. The van der Waals surface area contributed by atoms with Gasteiger partial charge in [0.05, 0.1) is 0 Å². The zero-order chi connectivity index (χ0) is 14.7. The van der Waals surface area contributed by atoms with Crippen LogP contribution in [0.2, 0.25) is 0 Å². The third-order valence-corrected chi connectivity index (χ3v) is 4.10. The predicted octanol–water partition coefficient (Wildman–Crippen LogP) is 5.57. The highest BCUT2D eigenvalue weighted by atomic mass is 14.1. The van der Waals surface area contributed by atoms with Crippen molar-refractivity contribution in [2.45, 2.75) is 19.8 Å². The quantitative estimate of drug-likeness (QED) is 0.627. The van der Waals surface area contributed by atoms with Crippen LogP contribution in [0.1, 0.15) is 22.3 Å². The van der Waals surface area contributed by atoms with Crippen molar-refractivity contribution in [1.82, 2.24) is 0 Å². The summed E-state index contributed by atoms with van der Waals surface area (Å²) >= 11 is 0. The number of hydrogen-bond donors (Lipinski definition) is 0. The van der Waals surface area contributed by atoms with Crippen molar-refractivity contribution < 1.29 is 0 Å². The van der Waals surface area contributed by atoms with Gasteiger partial charge in [-0.2, -0.15) is 0 Å². The summed E-state index contributed by atoms with van der Waals surface area (Å²) in [6.45, 7) is 5.93. The average molecular weight is 272 g/mol. The fourth-order valence-corrected chi connectivity index (χ4v) is 2.91. The fourth-order valence-electron chi connectivity index (χ4n) is 2.91. The largest absolute Gasteiger partial charge is 0.0991 e. The Morgan fingerprint density at radius 3 is 2.62 bits per heavy atom. The second-order valence-electron chi connectivity index (χ2n) is 5.54. The Balaban J connectivity index is 2.28. The van der Waals surface area contributed by atoms with E-state index in [1.165, 1.54) is 33.0 Å². The molecule has 3 rings (SSSR count). The Labute approximate surface area is 126 Å². The molecule has 21 heavy (non-hydrogen) atoms. The minimum Gasteiger partial charge on any atom is -0.0991 e. The van der Waals surface area contributed by atoms with Crippen LogP contribution in [0.25, 0.3) is 16.8 Å². The first-order chi connectivity index (χ1) is 10.3. The number of hydrogen-bond acceptors (Lipinski definition) is 0. The molecule has 1 aliphatic rings. The van der Waals surface area contributed by atoms with Gasteiger partial charge in [-0.3, -0.25) is 0 Å². The van der Waals surface area contributed by atoms with Crippen molar-refractivity contribution in [2.75, 3.05) is 0 Å². The summed E-state index contributed by atoms with van der Waals surface area (Å²) in [7, 11) is 0. The highest BCUT2D eigenvalue weighted by Crippen LogP contribution is 2.25. The van der Waals surface area contributed by atoms with E-state index in [0.29, 0.717) is 0 Å². The lowest BCUT2D eigenvalue weighted by Gasteiger charge is -2.01. The van der Waals surface area contributed by atoms with E-state index in [-0.39, 0.29) is 0 Å². The van der Waals surface area contributed by atoms with E-state index in [9.17, 15) is 0 Å². The summed E-state index contributed by atoms with van der Waals surface area (Å²) in [4.78, 5) is 0. The van der Waals surface area contributed by atoms with Crippen LogP contribution >= 0.6 is 0 Å². The highest BCUT2D eigenvalue weighted by molar-refractivity contribution is 5.87. The van der Waals surface area contributed by atoms with Crippen molar-refractivity contribution in [3.05, 3.63) is 89.5 Å². The first-order valence-electron chi connectivity index (χ1n) is 7.46. The summed E-state index contributed by atoms with van der Waals surface area (Å²) in [5, 5.41) is 2.65. The molecule has 1 aliphatic carbocycles. The molecule has 0 nitrogen and oxygen atoms in total. The molecule has 2 aromatic rings. The molecule has 0 heteroatoms. The first kappa shape index (κ1) is 13.6. The maximum absolute atomic E-state index is 3.73. The van der Waals surface area contributed by atoms with Gasteiger partial charge in [-0.1, -0.05) is 67.3 Å². The Bertz CT molecular complexity index is 777. The lowest BCUT2D eigenvalue weighted by Crippen LogP contribution is -1.82. The van der Waals surface area contributed by atoms with Crippen molar-refractivity contribution in [3.63, 3.8) is 0 Å². The molecule has 0 unspecified atom stereocenters. The SMILES string of the molecule is C=C/C=C\c1ccc2c3cc(c(C)ccccc2c1)CC3. The molecule has 2 aromatic carbocycles. The third kappa shape index (κ3) is 2.90. The van der Waals surface area contributed by atoms with Crippen LogP contribution in [0, 0.1) is 6.92 Å². The van der Waals surface area contributed by atoms with Crippen LogP contribution in [0.3, 0.4) is 0 Å². The molecule has 0 radical (unpaired) electrons. The molecule has 0 aromatic heterocycles. The number of rotatable bonds is 2. The Kier molecular flexibility index (Phi) is 3.87. The standard InChI is InChI=1S/C21H20/c1-3-4-8-17-10-13-21-19(14-17)9-6-5-7-16(2)18-11-12-20(21)15-18/h3-10,13-15H,1,11-12H2,2H3/b6-5?,7-5?,8-4-,9-6?,16-7?,18-16?,19-9?,21-20?. The molecule has 0 amide bonds. The van der Waals surface area contributed by atoms with Crippen LogP contribution in [-0.4, -0.2) is 0 Å². The smallest absolute Gasteiger partial charge is 0.0151 e. The van der Waals surface area contributed by atoms with Gasteiger partial charge in [-0.05, 0) is 58.9 Å². The molecule has 0 saturated heterocycles. The fraction of sp³-hybridized carbons (Fsp3) is 0.143. The van der Waals surface area contributed by atoms with Crippen molar-refractivity contribution in [2.24, 2.45) is 0 Å². The number of fused-ring (bicyclic) bond motifs is 4. The van der Waals surface area contributed by atoms with E-state index >= 15 is 0 Å². The van der Waals surface area contributed by atoms with Crippen molar-refractivity contribution in [3.8, 4) is 0 Å². The highest BCUT2D eigenvalue weighted by Gasteiger charge is 2.08. The maximum atomic E-state index is 3.73. The molecule has 0 atom stereocenters. The summed E-state index contributed by atoms with van der Waals surface area (Å²) in [5.41, 5.74) is 5.52. The van der Waals surface area contributed by atoms with Gasteiger partial charge >= 0.3 is 0 Å². The molecule has 2 bridgehead atoms. The minimum atomic E-state index is 1.14. The average Bonchev–Trinajstić information content (AvgIpc) is 2.98. The Hall–Kier alpha value is -2.34. The van der Waals surface area contributed by atoms with E-state index in [1.807, 2.05) is 12.2 Å². The molecule has 0 N–H and O–H groups in total. The summed E-state index contributed by atoms with van der Waals surface area (Å²) in [5.74, 6) is 0. The Morgan fingerprint density at radius 2 is 1.76 bits per heavy atom. The maximum Gasteiger partial charge on any atom is -0.0151 e. The van der Waals surface area contributed by atoms with Crippen LogP contribution in [-0.2, 0) is 12.8 Å². The van der Waals surface area contributed by atoms with Gasteiger partial charge < -0.3 is 0 Å². The first-order valence-corrected chi connectivity index (χ1v) is 7.46. The van der Waals surface area contributed by atoms with Crippen LogP contribution in [0.4, 0.5) is 0 Å². The van der Waals surface area contributed by atoms with Crippen LogP contribution in [0.5, 0.6) is 0 Å². The Morgan fingerprint density at radius 1 is 0.952 bits per heavy atom. The van der Waals surface area contributed by atoms with E-state index in [4.69, 9.17) is 0 Å². The van der Waals surface area contributed by atoms with E-state index in [0.717, 1.165) is 12.8 Å². The van der Waals surface area contributed by atoms with Gasteiger partial charge in [0.2, 0.25) is 0 Å². The molecule has 0 heterocycles. The van der Waals surface area contributed by atoms with Crippen LogP contribution < -0.4 is 0 Å². The van der Waals surface area contributed by atoms with Gasteiger partial charge in [0.1, 0.15) is 0 Å². The summed E-state index contributed by atoms with van der Waals surface area (Å²) < 4.78 is 0. The lowest BCUT2D eigenvalue weighted by atomic mass is 10.0. The zero-order valence-corrected chi connectivity index (χ0v) is 12.5. The topological polar surface area (TPSA) is 0 Å². The van der Waals surface area contributed by atoms with E-state index < -0.39 is 0 Å². The van der Waals surface area contributed by atoms with Gasteiger partial charge in [0.25, 0.3) is 0 Å². The van der Waals surface area contributed by atoms with Crippen molar-refractivity contribution >= 4 is 16.8 Å². The molecule has 0 aliphatic heterocycles. The van der Waals surface area contributed by atoms with E-state index in [1.54, 1.807) is 0 Å². The normalized spacial score (nSPS) is 12.6. The van der Waals surface area contributed by atoms with Crippen LogP contribution in [0.15, 0.2) is 67.3 Å².